The van der Waals surface area contributed by atoms with E-state index in [2.05, 4.69) is 5.32 Å². The number of hydrogen-bond donors (Lipinski definition) is 1. The van der Waals surface area contributed by atoms with E-state index in [0.717, 1.165) is 10.5 Å². The maximum Gasteiger partial charge on any atom is 0.310 e. The standard InChI is InChI=1S/C20H21NO5S/c1-13(22)21-17-11-15(6-9-19(17)27-3)18(23)12-26-20(24)10-14-4-7-16(25-2)8-5-14/h4-9,11H,10,12H2,1-3H3,(H,21,22). The summed E-state index contributed by atoms with van der Waals surface area (Å²) in [7, 11) is 1.57. The maximum atomic E-state index is 12.3. The second-order valence-corrected chi connectivity index (χ2v) is 6.55. The van der Waals surface area contributed by atoms with Gasteiger partial charge in [0.05, 0.1) is 19.2 Å². The van der Waals surface area contributed by atoms with E-state index in [9.17, 15) is 14.4 Å². The maximum absolute atomic E-state index is 12.3. The number of thioether (sulfide) groups is 1. The van der Waals surface area contributed by atoms with E-state index in [4.69, 9.17) is 9.47 Å². The molecule has 0 aromatic heterocycles. The smallest absolute Gasteiger partial charge is 0.310 e. The predicted octanol–water partition coefficient (Wildman–Crippen LogP) is 3.34. The topological polar surface area (TPSA) is 81.7 Å². The van der Waals surface area contributed by atoms with Crippen LogP contribution in [-0.4, -0.2) is 37.6 Å². The van der Waals surface area contributed by atoms with Gasteiger partial charge >= 0.3 is 5.97 Å². The highest BCUT2D eigenvalue weighted by Crippen LogP contribution is 2.26. The van der Waals surface area contributed by atoms with Crippen LogP contribution in [0.1, 0.15) is 22.8 Å². The number of hydrogen-bond acceptors (Lipinski definition) is 6. The van der Waals surface area contributed by atoms with Gasteiger partial charge in [-0.25, -0.2) is 0 Å². The average molecular weight is 387 g/mol. The lowest BCUT2D eigenvalue weighted by Crippen LogP contribution is -2.16. The van der Waals surface area contributed by atoms with Crippen LogP contribution in [0.2, 0.25) is 0 Å². The van der Waals surface area contributed by atoms with Gasteiger partial charge in [-0.2, -0.15) is 0 Å². The van der Waals surface area contributed by atoms with Gasteiger partial charge in [-0.1, -0.05) is 18.2 Å². The second kappa shape index (κ2) is 9.78. The number of nitrogens with one attached hydrogen (secondary N) is 1. The minimum Gasteiger partial charge on any atom is -0.497 e. The molecular weight excluding hydrogens is 366 g/mol. The lowest BCUT2D eigenvalue weighted by atomic mass is 10.1. The number of ketones is 1. The second-order valence-electron chi connectivity index (χ2n) is 5.70. The molecule has 1 amide bonds. The van der Waals surface area contributed by atoms with Gasteiger partial charge in [-0.3, -0.25) is 14.4 Å². The van der Waals surface area contributed by atoms with Gasteiger partial charge < -0.3 is 14.8 Å². The molecule has 0 unspecified atom stereocenters. The average Bonchev–Trinajstić information content (AvgIpc) is 2.66. The molecule has 2 rings (SSSR count). The lowest BCUT2D eigenvalue weighted by Gasteiger charge is -2.10. The van der Waals surface area contributed by atoms with Crippen molar-refractivity contribution in [1.29, 1.82) is 0 Å². The van der Waals surface area contributed by atoms with Crippen LogP contribution in [0, 0.1) is 0 Å². The predicted molar refractivity (Wildman–Crippen MR) is 105 cm³/mol. The van der Waals surface area contributed by atoms with Gasteiger partial charge in [0.25, 0.3) is 0 Å². The Bertz CT molecular complexity index is 833. The summed E-state index contributed by atoms with van der Waals surface area (Å²) in [5, 5.41) is 2.70. The van der Waals surface area contributed by atoms with Crippen molar-refractivity contribution < 1.29 is 23.9 Å². The normalized spacial score (nSPS) is 10.2. The third-order valence-electron chi connectivity index (χ3n) is 3.70. The summed E-state index contributed by atoms with van der Waals surface area (Å²) in [4.78, 5) is 36.4. The summed E-state index contributed by atoms with van der Waals surface area (Å²) in [5.41, 5.74) is 1.70. The van der Waals surface area contributed by atoms with Gasteiger partial charge in [0, 0.05) is 17.4 Å². The highest BCUT2D eigenvalue weighted by molar-refractivity contribution is 7.98. The van der Waals surface area contributed by atoms with Crippen molar-refractivity contribution in [2.45, 2.75) is 18.2 Å². The SMILES string of the molecule is COc1ccc(CC(=O)OCC(=O)c2ccc(SC)c(NC(C)=O)c2)cc1. The number of anilines is 1. The molecule has 6 nitrogen and oxygen atoms in total. The van der Waals surface area contributed by atoms with Crippen molar-refractivity contribution in [3.8, 4) is 5.75 Å². The van der Waals surface area contributed by atoms with Gasteiger partial charge in [0.1, 0.15) is 5.75 Å². The molecule has 0 heterocycles. The summed E-state index contributed by atoms with van der Waals surface area (Å²) in [6, 6.07) is 12.0. The molecule has 0 spiro atoms. The fraction of sp³-hybridized carbons (Fsp3) is 0.250. The number of carbonyl (C=O) groups excluding carboxylic acids is 3. The molecule has 0 fully saturated rings. The van der Waals surface area contributed by atoms with Crippen LogP contribution in [0.3, 0.4) is 0 Å². The Morgan fingerprint density at radius 1 is 1.07 bits per heavy atom. The van der Waals surface area contributed by atoms with Gasteiger partial charge in [0.2, 0.25) is 5.91 Å². The number of carbonyl (C=O) groups is 3. The van der Waals surface area contributed by atoms with Crippen LogP contribution in [0.4, 0.5) is 5.69 Å². The van der Waals surface area contributed by atoms with E-state index < -0.39 is 5.97 Å². The Morgan fingerprint density at radius 3 is 2.37 bits per heavy atom. The molecular formula is C20H21NO5S. The molecule has 27 heavy (non-hydrogen) atoms. The van der Waals surface area contributed by atoms with Crippen LogP contribution in [0.25, 0.3) is 0 Å². The summed E-state index contributed by atoms with van der Waals surface area (Å²) in [5.74, 6) is -0.347. The molecule has 0 radical (unpaired) electrons. The molecule has 0 saturated heterocycles. The fourth-order valence-corrected chi connectivity index (χ4v) is 2.89. The Hall–Kier alpha value is -2.80. The van der Waals surface area contributed by atoms with Crippen LogP contribution >= 0.6 is 11.8 Å². The molecule has 0 aliphatic heterocycles. The first kappa shape index (κ1) is 20.5. The Kier molecular flexibility index (Phi) is 7.43. The summed E-state index contributed by atoms with van der Waals surface area (Å²) in [6.07, 6.45) is 1.95. The van der Waals surface area contributed by atoms with Crippen LogP contribution < -0.4 is 10.1 Å². The minimum absolute atomic E-state index is 0.0693. The number of amides is 1. The largest absolute Gasteiger partial charge is 0.497 e. The third-order valence-corrected chi connectivity index (χ3v) is 4.50. The Labute approximate surface area is 162 Å². The number of methoxy groups -OCH3 is 1. The molecule has 0 atom stereocenters. The summed E-state index contributed by atoms with van der Waals surface area (Å²) < 4.78 is 10.1. The minimum atomic E-state index is -0.490. The van der Waals surface area contributed by atoms with Crippen molar-refractivity contribution in [2.24, 2.45) is 0 Å². The lowest BCUT2D eigenvalue weighted by molar-refractivity contribution is -0.141. The van der Waals surface area contributed by atoms with Crippen LogP contribution in [0.5, 0.6) is 5.75 Å². The van der Waals surface area contributed by atoms with Crippen LogP contribution in [0.15, 0.2) is 47.4 Å². The van der Waals surface area contributed by atoms with Crippen molar-refractivity contribution in [3.63, 3.8) is 0 Å². The van der Waals surface area contributed by atoms with E-state index in [0.29, 0.717) is 17.0 Å². The van der Waals surface area contributed by atoms with Crippen molar-refractivity contribution in [2.75, 3.05) is 25.3 Å². The number of esters is 1. The third kappa shape index (κ3) is 6.14. The molecule has 0 saturated carbocycles. The van der Waals surface area contributed by atoms with E-state index in [-0.39, 0.29) is 24.7 Å². The molecule has 7 heteroatoms. The monoisotopic (exact) mass is 387 g/mol. The molecule has 2 aromatic rings. The Balaban J connectivity index is 1.95. The van der Waals surface area contributed by atoms with Crippen LogP contribution in [-0.2, 0) is 20.7 Å². The highest BCUT2D eigenvalue weighted by Gasteiger charge is 2.13. The first-order valence-electron chi connectivity index (χ1n) is 8.20. The number of ether oxygens (including phenoxy) is 2. The molecule has 0 aliphatic carbocycles. The summed E-state index contributed by atoms with van der Waals surface area (Å²) >= 11 is 1.46. The Morgan fingerprint density at radius 2 is 1.78 bits per heavy atom. The number of benzene rings is 2. The van der Waals surface area contributed by atoms with Crippen molar-refractivity contribution in [3.05, 3.63) is 53.6 Å². The fourth-order valence-electron chi connectivity index (χ4n) is 2.36. The van der Waals surface area contributed by atoms with Gasteiger partial charge in [0.15, 0.2) is 12.4 Å². The highest BCUT2D eigenvalue weighted by atomic mass is 32.2. The number of Topliss-reactive ketones (excluding diaryl/α,β-unsaturated/α-hetero) is 1. The quantitative estimate of drug-likeness (QED) is 0.425. The summed E-state index contributed by atoms with van der Waals surface area (Å²) in [6.45, 7) is 1.05. The number of rotatable bonds is 8. The van der Waals surface area contributed by atoms with Gasteiger partial charge in [-0.05, 0) is 36.1 Å². The van der Waals surface area contributed by atoms with E-state index >= 15 is 0 Å². The van der Waals surface area contributed by atoms with E-state index in [1.54, 1.807) is 49.6 Å². The van der Waals surface area contributed by atoms with Crippen molar-refractivity contribution in [1.82, 2.24) is 0 Å². The van der Waals surface area contributed by atoms with Crippen molar-refractivity contribution >= 4 is 35.1 Å². The van der Waals surface area contributed by atoms with Gasteiger partial charge in [-0.15, -0.1) is 11.8 Å². The molecule has 0 bridgehead atoms. The van der Waals surface area contributed by atoms with E-state index in [1.807, 2.05) is 6.26 Å². The van der Waals surface area contributed by atoms with E-state index in [1.165, 1.54) is 18.7 Å². The first-order valence-corrected chi connectivity index (χ1v) is 9.42. The zero-order valence-electron chi connectivity index (χ0n) is 15.4. The zero-order valence-corrected chi connectivity index (χ0v) is 16.2. The first-order chi connectivity index (χ1) is 12.9. The molecule has 1 N–H and O–H groups in total. The zero-order chi connectivity index (χ0) is 19.8. The molecule has 2 aromatic carbocycles. The molecule has 0 aliphatic rings. The molecule has 142 valence electrons.